The maximum absolute atomic E-state index is 12.9. The summed E-state index contributed by atoms with van der Waals surface area (Å²) in [5.41, 5.74) is 1.85. The van der Waals surface area contributed by atoms with Crippen LogP contribution < -0.4 is 20.7 Å². The lowest BCUT2D eigenvalue weighted by atomic mass is 9.98. The molecular weight excluding hydrogens is 426 g/mol. The van der Waals surface area contributed by atoms with Crippen molar-refractivity contribution in [3.05, 3.63) is 60.2 Å². The average Bonchev–Trinajstić information content (AvgIpc) is 3.29. The molecule has 0 bridgehead atoms. The van der Waals surface area contributed by atoms with Gasteiger partial charge in [-0.3, -0.25) is 10.1 Å². The molecule has 0 spiro atoms. The van der Waals surface area contributed by atoms with Gasteiger partial charge in [0.05, 0.1) is 7.11 Å². The Balaban J connectivity index is 1.61. The first-order valence-electron chi connectivity index (χ1n) is 10.4. The second kappa shape index (κ2) is 11.2. The third-order valence-corrected chi connectivity index (χ3v) is 5.96. The molecular formula is C23H27N5O3S. The lowest BCUT2D eigenvalue weighted by Gasteiger charge is -2.23. The predicted octanol–water partition coefficient (Wildman–Crippen LogP) is 4.07. The normalized spacial score (nSPS) is 12.5. The van der Waals surface area contributed by atoms with Crippen LogP contribution >= 0.6 is 11.3 Å². The fraction of sp³-hybridized carbons (Fsp3) is 0.304. The van der Waals surface area contributed by atoms with Crippen LogP contribution in [0.3, 0.4) is 0 Å². The summed E-state index contributed by atoms with van der Waals surface area (Å²) >= 11 is 1.27. The van der Waals surface area contributed by atoms with Crippen LogP contribution in [-0.4, -0.2) is 35.3 Å². The summed E-state index contributed by atoms with van der Waals surface area (Å²) in [5.74, 6) is 0.359. The fourth-order valence-corrected chi connectivity index (χ4v) is 3.73. The molecule has 0 aliphatic rings. The topological polar surface area (TPSA) is 105 Å². The van der Waals surface area contributed by atoms with E-state index in [9.17, 15) is 9.59 Å². The van der Waals surface area contributed by atoms with Gasteiger partial charge in [-0.25, -0.2) is 4.79 Å². The van der Waals surface area contributed by atoms with Gasteiger partial charge in [-0.05, 0) is 35.7 Å². The molecule has 0 aliphatic carbocycles. The molecule has 168 valence electrons. The van der Waals surface area contributed by atoms with Crippen LogP contribution in [0.1, 0.15) is 25.8 Å². The number of nitrogens with one attached hydrogen (secondary N) is 3. The molecule has 1 aromatic heterocycles. The number of carbonyl (C=O) groups excluding carboxylic acids is 2. The van der Waals surface area contributed by atoms with Crippen LogP contribution in [0, 0.1) is 5.92 Å². The molecule has 0 fully saturated rings. The third-order valence-electron chi connectivity index (χ3n) is 5.07. The zero-order valence-electron chi connectivity index (χ0n) is 18.3. The van der Waals surface area contributed by atoms with Gasteiger partial charge in [-0.15, -0.1) is 10.2 Å². The van der Waals surface area contributed by atoms with Gasteiger partial charge >= 0.3 is 6.03 Å². The fourth-order valence-electron chi connectivity index (χ4n) is 2.98. The second-order valence-corrected chi connectivity index (χ2v) is 8.28. The van der Waals surface area contributed by atoms with Gasteiger partial charge in [0.1, 0.15) is 16.8 Å². The molecule has 0 radical (unpaired) electrons. The zero-order chi connectivity index (χ0) is 22.9. The lowest BCUT2D eigenvalue weighted by Crippen LogP contribution is -2.50. The Morgan fingerprint density at radius 3 is 2.44 bits per heavy atom. The Morgan fingerprint density at radius 1 is 1.06 bits per heavy atom. The summed E-state index contributed by atoms with van der Waals surface area (Å²) in [6, 6.07) is 15.9. The van der Waals surface area contributed by atoms with Gasteiger partial charge in [0.15, 0.2) is 0 Å². The van der Waals surface area contributed by atoms with Crippen LogP contribution in [-0.2, 0) is 11.3 Å². The minimum Gasteiger partial charge on any atom is -0.497 e. The van der Waals surface area contributed by atoms with Crippen LogP contribution in [0.5, 0.6) is 5.75 Å². The Morgan fingerprint density at radius 2 is 1.78 bits per heavy atom. The molecule has 2 aromatic carbocycles. The standard InChI is InChI=1S/C23H27N5O3S/c1-4-15(2)19(25-22(30)24-14-16-8-6-5-7-9-16)20(29)26-23-28-27-21(32-23)17-10-12-18(31-3)13-11-17/h5-13,15,19H,4,14H2,1-3H3,(H2,24,25,30)(H,26,28,29). The number of rotatable bonds is 9. The van der Waals surface area contributed by atoms with Crippen LogP contribution in [0.25, 0.3) is 10.6 Å². The number of urea groups is 1. The number of hydrogen-bond donors (Lipinski definition) is 3. The minimum atomic E-state index is -0.705. The van der Waals surface area contributed by atoms with Crippen molar-refractivity contribution in [1.82, 2.24) is 20.8 Å². The van der Waals surface area contributed by atoms with E-state index in [1.165, 1.54) is 11.3 Å². The van der Waals surface area contributed by atoms with Crippen molar-refractivity contribution in [2.24, 2.45) is 5.92 Å². The Bertz CT molecular complexity index is 1020. The van der Waals surface area contributed by atoms with Crippen LogP contribution in [0.4, 0.5) is 9.93 Å². The summed E-state index contributed by atoms with van der Waals surface area (Å²) in [7, 11) is 1.61. The number of methoxy groups -OCH3 is 1. The molecule has 32 heavy (non-hydrogen) atoms. The van der Waals surface area contributed by atoms with E-state index in [1.54, 1.807) is 7.11 Å². The molecule has 3 amide bonds. The van der Waals surface area contributed by atoms with Crippen molar-refractivity contribution >= 4 is 28.4 Å². The molecule has 0 saturated carbocycles. The largest absolute Gasteiger partial charge is 0.497 e. The third kappa shape index (κ3) is 6.27. The molecule has 3 aromatic rings. The first kappa shape index (κ1) is 23.2. The van der Waals surface area contributed by atoms with Crippen molar-refractivity contribution in [1.29, 1.82) is 0 Å². The van der Waals surface area contributed by atoms with Crippen molar-refractivity contribution < 1.29 is 14.3 Å². The van der Waals surface area contributed by atoms with Gasteiger partial charge < -0.3 is 15.4 Å². The minimum absolute atomic E-state index is 0.0635. The van der Waals surface area contributed by atoms with Crippen LogP contribution in [0.15, 0.2) is 54.6 Å². The number of hydrogen-bond acceptors (Lipinski definition) is 6. The van der Waals surface area contributed by atoms with Crippen LogP contribution in [0.2, 0.25) is 0 Å². The highest BCUT2D eigenvalue weighted by atomic mass is 32.1. The van der Waals surface area contributed by atoms with Gasteiger partial charge in [0.2, 0.25) is 11.0 Å². The summed E-state index contributed by atoms with van der Waals surface area (Å²) in [6.45, 7) is 4.27. The molecule has 0 saturated heterocycles. The lowest BCUT2D eigenvalue weighted by molar-refractivity contribution is -0.119. The number of ether oxygens (including phenoxy) is 1. The van der Waals surface area contributed by atoms with Gasteiger partial charge in [0.25, 0.3) is 0 Å². The highest BCUT2D eigenvalue weighted by molar-refractivity contribution is 7.18. The Labute approximate surface area is 191 Å². The van der Waals surface area contributed by atoms with E-state index in [0.717, 1.165) is 23.3 Å². The average molecular weight is 454 g/mol. The second-order valence-electron chi connectivity index (χ2n) is 7.31. The monoisotopic (exact) mass is 453 g/mol. The summed E-state index contributed by atoms with van der Waals surface area (Å²) in [4.78, 5) is 25.3. The van der Waals surface area contributed by atoms with E-state index in [-0.39, 0.29) is 11.8 Å². The summed E-state index contributed by atoms with van der Waals surface area (Å²) < 4.78 is 5.17. The highest BCUT2D eigenvalue weighted by Gasteiger charge is 2.27. The molecule has 3 rings (SSSR count). The number of aromatic nitrogens is 2. The molecule has 3 N–H and O–H groups in total. The van der Waals surface area contributed by atoms with Gasteiger partial charge in [0, 0.05) is 12.1 Å². The van der Waals surface area contributed by atoms with E-state index in [0.29, 0.717) is 16.7 Å². The van der Waals surface area contributed by atoms with E-state index in [1.807, 2.05) is 68.4 Å². The molecule has 2 atom stereocenters. The first-order chi connectivity index (χ1) is 15.5. The maximum atomic E-state index is 12.9. The maximum Gasteiger partial charge on any atom is 0.315 e. The van der Waals surface area contributed by atoms with E-state index in [4.69, 9.17) is 4.74 Å². The molecule has 2 unspecified atom stereocenters. The summed E-state index contributed by atoms with van der Waals surface area (Å²) in [6.07, 6.45) is 0.726. The highest BCUT2D eigenvalue weighted by Crippen LogP contribution is 2.28. The quantitative estimate of drug-likeness (QED) is 0.453. The van der Waals surface area contributed by atoms with Crippen molar-refractivity contribution in [3.8, 4) is 16.3 Å². The van der Waals surface area contributed by atoms with Crippen molar-refractivity contribution in [2.75, 3.05) is 12.4 Å². The molecule has 9 heteroatoms. The molecule has 0 aliphatic heterocycles. The van der Waals surface area contributed by atoms with E-state index >= 15 is 0 Å². The van der Waals surface area contributed by atoms with Gasteiger partial charge in [-0.1, -0.05) is 61.9 Å². The SMILES string of the molecule is CCC(C)C(NC(=O)NCc1ccccc1)C(=O)Nc1nnc(-c2ccc(OC)cc2)s1. The number of anilines is 1. The van der Waals surface area contributed by atoms with Crippen molar-refractivity contribution in [3.63, 3.8) is 0 Å². The Kier molecular flexibility index (Phi) is 8.15. The van der Waals surface area contributed by atoms with E-state index < -0.39 is 12.1 Å². The Hall–Kier alpha value is -3.46. The van der Waals surface area contributed by atoms with Gasteiger partial charge in [-0.2, -0.15) is 0 Å². The van der Waals surface area contributed by atoms with E-state index in [2.05, 4.69) is 26.1 Å². The predicted molar refractivity (Wildman–Crippen MR) is 126 cm³/mol. The number of nitrogens with zero attached hydrogens (tertiary/aromatic N) is 2. The number of carbonyl (C=O) groups is 2. The molecule has 8 nitrogen and oxygen atoms in total. The van der Waals surface area contributed by atoms with Crippen molar-refractivity contribution in [2.45, 2.75) is 32.9 Å². The number of amides is 3. The smallest absolute Gasteiger partial charge is 0.315 e. The zero-order valence-corrected chi connectivity index (χ0v) is 19.1. The first-order valence-corrected chi connectivity index (χ1v) is 11.2. The summed E-state index contributed by atoms with van der Waals surface area (Å²) in [5, 5.41) is 17.7. The molecule has 1 heterocycles. The number of benzene rings is 2.